The number of aliphatic hydroxyl groups excluding tert-OH is 1. The van der Waals surface area contributed by atoms with Gasteiger partial charge in [0.05, 0.1) is 37.6 Å². The molecule has 0 aliphatic carbocycles. The molecule has 0 saturated carbocycles. The smallest absolute Gasteiger partial charge is 0.350 e. The first-order chi connectivity index (χ1) is 22.3. The zero-order valence-corrected chi connectivity index (χ0v) is 26.8. The molecule has 1 saturated heterocycles. The van der Waals surface area contributed by atoms with Crippen LogP contribution in [0.5, 0.6) is 17.2 Å². The van der Waals surface area contributed by atoms with Crippen molar-refractivity contribution in [3.63, 3.8) is 0 Å². The summed E-state index contributed by atoms with van der Waals surface area (Å²) >= 11 is 0.936. The predicted molar refractivity (Wildman–Crippen MR) is 174 cm³/mol. The fourth-order valence-corrected chi connectivity index (χ4v) is 6.02. The van der Waals surface area contributed by atoms with Gasteiger partial charge in [0.1, 0.15) is 23.0 Å². The van der Waals surface area contributed by atoms with E-state index < -0.39 is 23.7 Å². The molecule has 46 heavy (non-hydrogen) atoms. The molecule has 0 bridgehead atoms. The minimum absolute atomic E-state index is 0.107. The standard InChI is InChI=1S/C35H34N2O8S/c1-5-17-44-25-14-10-13-24(18-25)30(38)28-29(23-15-16-26(27(19-23)42-4)45-20-22-11-8-7-9-12-22)37(33(40)31(28)39)35-36-21(3)32(46-35)34(41)43-6-2/h7-16,18-19,29,38H,5-6,17,20H2,1-4H3. The first-order valence-electron chi connectivity index (χ1n) is 14.8. The summed E-state index contributed by atoms with van der Waals surface area (Å²) in [5.41, 5.74) is 1.91. The molecule has 1 unspecified atom stereocenters. The molecule has 3 aromatic carbocycles. The molecule has 11 heteroatoms. The number of anilines is 1. The first-order valence-corrected chi connectivity index (χ1v) is 15.6. The number of amides is 1. The minimum atomic E-state index is -1.11. The number of methoxy groups -OCH3 is 1. The van der Waals surface area contributed by atoms with Crippen molar-refractivity contribution >= 4 is 39.9 Å². The molecule has 238 valence electrons. The molecule has 0 radical (unpaired) electrons. The van der Waals surface area contributed by atoms with Gasteiger partial charge in [0, 0.05) is 5.56 Å². The molecule has 1 aliphatic heterocycles. The number of aliphatic hydroxyl groups is 1. The van der Waals surface area contributed by atoms with Crippen molar-refractivity contribution in [3.05, 3.63) is 106 Å². The van der Waals surface area contributed by atoms with Gasteiger partial charge in [-0.05, 0) is 55.7 Å². The van der Waals surface area contributed by atoms with Crippen LogP contribution in [0.3, 0.4) is 0 Å². The lowest BCUT2D eigenvalue weighted by atomic mass is 9.95. The molecule has 1 amide bonds. The predicted octanol–water partition coefficient (Wildman–Crippen LogP) is 6.63. The summed E-state index contributed by atoms with van der Waals surface area (Å²) in [7, 11) is 1.49. The van der Waals surface area contributed by atoms with Crippen LogP contribution in [0.2, 0.25) is 0 Å². The third-order valence-corrected chi connectivity index (χ3v) is 8.35. The van der Waals surface area contributed by atoms with Crippen LogP contribution in [0.4, 0.5) is 5.13 Å². The van der Waals surface area contributed by atoms with Gasteiger partial charge >= 0.3 is 11.9 Å². The van der Waals surface area contributed by atoms with Gasteiger partial charge in [-0.3, -0.25) is 14.5 Å². The van der Waals surface area contributed by atoms with Crippen molar-refractivity contribution in [1.82, 2.24) is 4.98 Å². The highest BCUT2D eigenvalue weighted by Crippen LogP contribution is 2.45. The van der Waals surface area contributed by atoms with Crippen molar-refractivity contribution in [3.8, 4) is 17.2 Å². The third-order valence-electron chi connectivity index (χ3n) is 7.22. The molecule has 4 aromatic rings. The molecule has 5 rings (SSSR count). The Balaban J connectivity index is 1.63. The average Bonchev–Trinajstić information content (AvgIpc) is 3.58. The number of rotatable bonds is 12. The van der Waals surface area contributed by atoms with Gasteiger partial charge in [-0.1, -0.05) is 66.8 Å². The van der Waals surface area contributed by atoms with Crippen LogP contribution in [0.1, 0.15) is 58.4 Å². The molecule has 10 nitrogen and oxygen atoms in total. The Morgan fingerprint density at radius 3 is 2.48 bits per heavy atom. The van der Waals surface area contributed by atoms with E-state index in [9.17, 15) is 19.5 Å². The molecule has 2 heterocycles. The molecule has 0 spiro atoms. The number of hydrogen-bond donors (Lipinski definition) is 1. The van der Waals surface area contributed by atoms with Crippen LogP contribution in [0.25, 0.3) is 5.76 Å². The van der Waals surface area contributed by atoms with E-state index in [-0.39, 0.29) is 27.9 Å². The Hall–Kier alpha value is -5.16. The number of aryl methyl sites for hydroxylation is 1. The van der Waals surface area contributed by atoms with Crippen LogP contribution in [0, 0.1) is 6.92 Å². The number of benzene rings is 3. The summed E-state index contributed by atoms with van der Waals surface area (Å²) in [6.45, 7) is 6.22. The molecule has 1 N–H and O–H groups in total. The maximum Gasteiger partial charge on any atom is 0.350 e. The van der Waals surface area contributed by atoms with E-state index >= 15 is 0 Å². The monoisotopic (exact) mass is 642 g/mol. The van der Waals surface area contributed by atoms with Gasteiger partial charge in [0.15, 0.2) is 16.6 Å². The number of carbonyl (C=O) groups is 3. The Kier molecular flexibility index (Phi) is 10.0. The topological polar surface area (TPSA) is 124 Å². The highest BCUT2D eigenvalue weighted by Gasteiger charge is 2.48. The van der Waals surface area contributed by atoms with Crippen LogP contribution in [0.15, 0.2) is 78.4 Å². The first kappa shape index (κ1) is 32.2. The van der Waals surface area contributed by atoms with Gasteiger partial charge in [-0.2, -0.15) is 0 Å². The maximum atomic E-state index is 13.7. The Morgan fingerprint density at radius 1 is 0.978 bits per heavy atom. The van der Waals surface area contributed by atoms with Gasteiger partial charge in [-0.25, -0.2) is 9.78 Å². The largest absolute Gasteiger partial charge is 0.507 e. The zero-order valence-electron chi connectivity index (χ0n) is 25.9. The number of Topliss-reactive ketones (excluding diaryl/α,β-unsaturated/α-hetero) is 1. The van der Waals surface area contributed by atoms with Gasteiger partial charge < -0.3 is 24.1 Å². The van der Waals surface area contributed by atoms with E-state index in [1.165, 1.54) is 12.0 Å². The minimum Gasteiger partial charge on any atom is -0.507 e. The van der Waals surface area contributed by atoms with Crippen LogP contribution >= 0.6 is 11.3 Å². The van der Waals surface area contributed by atoms with E-state index in [2.05, 4.69) is 4.98 Å². The lowest BCUT2D eigenvalue weighted by Crippen LogP contribution is -2.29. The number of aromatic nitrogens is 1. The lowest BCUT2D eigenvalue weighted by molar-refractivity contribution is -0.132. The van der Waals surface area contributed by atoms with E-state index in [1.54, 1.807) is 56.3 Å². The Bertz CT molecular complexity index is 1780. The fourth-order valence-electron chi connectivity index (χ4n) is 5.03. The van der Waals surface area contributed by atoms with Crippen LogP contribution < -0.4 is 19.1 Å². The highest BCUT2D eigenvalue weighted by molar-refractivity contribution is 7.17. The summed E-state index contributed by atoms with van der Waals surface area (Å²) in [6, 6.07) is 20.3. The Labute approximate surface area is 270 Å². The van der Waals surface area contributed by atoms with Gasteiger partial charge in [0.2, 0.25) is 0 Å². The summed E-state index contributed by atoms with van der Waals surface area (Å²) < 4.78 is 22.6. The number of esters is 1. The van der Waals surface area contributed by atoms with Crippen molar-refractivity contribution in [2.24, 2.45) is 0 Å². The average molecular weight is 643 g/mol. The zero-order chi connectivity index (χ0) is 32.8. The summed E-state index contributed by atoms with van der Waals surface area (Å²) in [4.78, 5) is 46.0. The number of nitrogens with zero attached hydrogens (tertiary/aromatic N) is 2. The van der Waals surface area contributed by atoms with E-state index in [1.807, 2.05) is 37.3 Å². The van der Waals surface area contributed by atoms with E-state index in [0.717, 1.165) is 23.3 Å². The molecular weight excluding hydrogens is 608 g/mol. The second kappa shape index (κ2) is 14.3. The van der Waals surface area contributed by atoms with Gasteiger partial charge in [0.25, 0.3) is 5.78 Å². The molecule has 1 atom stereocenters. The molecule has 1 aliphatic rings. The van der Waals surface area contributed by atoms with E-state index in [4.69, 9.17) is 18.9 Å². The van der Waals surface area contributed by atoms with E-state index in [0.29, 0.717) is 47.3 Å². The number of hydrogen-bond acceptors (Lipinski definition) is 10. The van der Waals surface area contributed by atoms with Crippen molar-refractivity contribution in [2.75, 3.05) is 25.2 Å². The van der Waals surface area contributed by atoms with Gasteiger partial charge in [-0.15, -0.1) is 0 Å². The normalized spacial score (nSPS) is 15.6. The number of carbonyl (C=O) groups excluding carboxylic acids is 3. The van der Waals surface area contributed by atoms with Crippen molar-refractivity contribution < 1.29 is 38.4 Å². The SMILES string of the molecule is CCCOc1cccc(C(O)=C2C(=O)C(=O)N(c3nc(C)c(C(=O)OCC)s3)C2c2ccc(OCc3ccccc3)c(OC)c2)c1. The third kappa shape index (κ3) is 6.59. The number of thiazole rings is 1. The molecule has 1 fully saturated rings. The summed E-state index contributed by atoms with van der Waals surface area (Å²) in [5.74, 6) is -1.46. The van der Waals surface area contributed by atoms with Crippen LogP contribution in [-0.4, -0.2) is 48.1 Å². The Morgan fingerprint density at radius 2 is 1.76 bits per heavy atom. The fraction of sp³-hybridized carbons (Fsp3) is 0.257. The summed E-state index contributed by atoms with van der Waals surface area (Å²) in [5, 5.41) is 11.7. The quantitative estimate of drug-likeness (QED) is 0.0785. The second-order valence-electron chi connectivity index (χ2n) is 10.4. The number of ketones is 1. The van der Waals surface area contributed by atoms with Crippen molar-refractivity contribution in [2.45, 2.75) is 39.8 Å². The maximum absolute atomic E-state index is 13.7. The second-order valence-corrected chi connectivity index (χ2v) is 11.3. The molecule has 1 aromatic heterocycles. The molecular formula is C35H34N2O8S. The highest BCUT2D eigenvalue weighted by atomic mass is 32.1. The van der Waals surface area contributed by atoms with Crippen LogP contribution in [-0.2, 0) is 20.9 Å². The van der Waals surface area contributed by atoms with Crippen molar-refractivity contribution in [1.29, 1.82) is 0 Å². The number of ether oxygens (including phenoxy) is 4. The summed E-state index contributed by atoms with van der Waals surface area (Å²) in [6.07, 6.45) is 0.787. The lowest BCUT2D eigenvalue weighted by Gasteiger charge is -2.24.